The number of fused-ring (bicyclic) bond motifs is 12. The quantitative estimate of drug-likeness (QED) is 0.420. The molecule has 0 fully saturated rings. The molecule has 2 aromatic carbocycles. The second-order valence-corrected chi connectivity index (χ2v) is 11.0. The number of nitrogens with zero attached hydrogens (tertiary/aromatic N) is 2. The van der Waals surface area contributed by atoms with Gasteiger partial charge in [-0.15, -0.1) is 0 Å². The molecule has 0 radical (unpaired) electrons. The van der Waals surface area contributed by atoms with Crippen molar-refractivity contribution in [2.45, 2.75) is 38.6 Å². The second-order valence-electron chi connectivity index (χ2n) is 11.0. The number of amides is 2. The number of hydrogen-bond acceptors (Lipinski definition) is 8. The first-order valence-electron chi connectivity index (χ1n) is 14.7. The summed E-state index contributed by atoms with van der Waals surface area (Å²) >= 11 is 0. The third-order valence-corrected chi connectivity index (χ3v) is 8.46. The molecule has 1 aromatic heterocycles. The molecule has 0 N–H and O–H groups in total. The third kappa shape index (κ3) is 5.47. The van der Waals surface area contributed by atoms with E-state index in [0.29, 0.717) is 79.8 Å². The van der Waals surface area contributed by atoms with Gasteiger partial charge >= 0.3 is 0 Å². The fourth-order valence-electron chi connectivity index (χ4n) is 6.35. The third-order valence-electron chi connectivity index (χ3n) is 8.46. The van der Waals surface area contributed by atoms with Gasteiger partial charge in [-0.2, -0.15) is 0 Å². The van der Waals surface area contributed by atoms with Crippen LogP contribution in [0.5, 0.6) is 17.2 Å². The summed E-state index contributed by atoms with van der Waals surface area (Å²) in [5.74, 6) is 2.14. The molecule has 0 spiro atoms. The number of methoxy groups -OCH3 is 2. The van der Waals surface area contributed by atoms with Crippen molar-refractivity contribution in [1.29, 1.82) is 0 Å². The Bertz CT molecular complexity index is 1540. The van der Waals surface area contributed by atoms with Gasteiger partial charge in [-0.1, -0.05) is 12.1 Å². The van der Waals surface area contributed by atoms with Crippen LogP contribution in [0, 0.1) is 6.92 Å². The lowest BCUT2D eigenvalue weighted by Crippen LogP contribution is -2.48. The first-order chi connectivity index (χ1) is 20.9. The van der Waals surface area contributed by atoms with Crippen LogP contribution in [0.15, 0.2) is 40.8 Å². The molecule has 1 unspecified atom stereocenters. The van der Waals surface area contributed by atoms with E-state index in [0.717, 1.165) is 16.7 Å². The highest BCUT2D eigenvalue weighted by atomic mass is 16.5. The van der Waals surface area contributed by atoms with E-state index in [4.69, 9.17) is 23.4 Å². The number of ether oxygens (including phenoxy) is 4. The zero-order valence-electron chi connectivity index (χ0n) is 24.8. The lowest BCUT2D eigenvalue weighted by Gasteiger charge is -2.39. The molecular formula is C33H36N2O8. The van der Waals surface area contributed by atoms with E-state index in [1.807, 2.05) is 41.3 Å². The zero-order chi connectivity index (χ0) is 30.1. The number of hydrogen-bond donors (Lipinski definition) is 0. The van der Waals surface area contributed by atoms with Crippen LogP contribution in [0.25, 0.3) is 0 Å². The van der Waals surface area contributed by atoms with Crippen molar-refractivity contribution < 1.29 is 37.7 Å². The molecule has 226 valence electrons. The van der Waals surface area contributed by atoms with Crippen molar-refractivity contribution in [2.75, 3.05) is 53.7 Å². The van der Waals surface area contributed by atoms with Gasteiger partial charge in [-0.3, -0.25) is 14.4 Å². The Labute approximate surface area is 250 Å². The SMILES string of the molecule is COc1cc2c(cc1OC)C1c3ccc(cc3)OCCOCCN(C(=O)c3c(C)oc4c3C(=O)CCC4)CC(=O)N1CC2. The van der Waals surface area contributed by atoms with Gasteiger partial charge in [0, 0.05) is 25.9 Å². The molecule has 1 aliphatic carbocycles. The molecule has 0 saturated carbocycles. The summed E-state index contributed by atoms with van der Waals surface area (Å²) in [6, 6.07) is 11.2. The minimum atomic E-state index is -0.423. The van der Waals surface area contributed by atoms with Crippen molar-refractivity contribution in [3.63, 3.8) is 0 Å². The standard InChI is InChI=1S/C33H36N2O8/c1-20-30(31-25(36)5-4-6-26(31)43-20)33(38)34-13-14-41-15-16-42-23-9-7-21(8-10-23)32-24-18-28(40-3)27(39-2)17-22(24)11-12-35(32)29(37)19-34/h7-10,17-18,32H,4-6,11-16,19H2,1-3H3. The Balaban J connectivity index is 1.39. The maximum Gasteiger partial charge on any atom is 0.258 e. The van der Waals surface area contributed by atoms with Gasteiger partial charge in [-0.25, -0.2) is 0 Å². The monoisotopic (exact) mass is 588 g/mol. The molecule has 1 atom stereocenters. The molecule has 2 bridgehead atoms. The largest absolute Gasteiger partial charge is 0.493 e. The highest BCUT2D eigenvalue weighted by molar-refractivity contribution is 6.10. The molecular weight excluding hydrogens is 552 g/mol. The van der Waals surface area contributed by atoms with Gasteiger partial charge in [0.2, 0.25) is 5.91 Å². The summed E-state index contributed by atoms with van der Waals surface area (Å²) in [5.41, 5.74) is 3.51. The van der Waals surface area contributed by atoms with E-state index in [2.05, 4.69) is 0 Å². The number of carbonyl (C=O) groups excluding carboxylic acids is 3. The first-order valence-corrected chi connectivity index (χ1v) is 14.7. The number of benzene rings is 2. The number of furan rings is 1. The lowest BCUT2D eigenvalue weighted by molar-refractivity contribution is -0.134. The van der Waals surface area contributed by atoms with Crippen LogP contribution in [-0.4, -0.2) is 81.1 Å². The normalized spacial score (nSPS) is 19.0. The van der Waals surface area contributed by atoms with Crippen molar-refractivity contribution in [1.82, 2.24) is 9.80 Å². The molecule has 10 heteroatoms. The Hall–Kier alpha value is -4.31. The highest BCUT2D eigenvalue weighted by Gasteiger charge is 2.37. The van der Waals surface area contributed by atoms with Crippen LogP contribution < -0.4 is 14.2 Å². The Morgan fingerprint density at radius 2 is 1.70 bits per heavy atom. The molecule has 10 nitrogen and oxygen atoms in total. The molecule has 3 aliphatic heterocycles. The summed E-state index contributed by atoms with van der Waals surface area (Å²) in [4.78, 5) is 44.5. The van der Waals surface area contributed by atoms with E-state index in [-0.39, 0.29) is 37.0 Å². The van der Waals surface area contributed by atoms with Crippen LogP contribution in [0.1, 0.15) is 67.8 Å². The van der Waals surface area contributed by atoms with Gasteiger partial charge in [0.25, 0.3) is 5.91 Å². The van der Waals surface area contributed by atoms with Gasteiger partial charge < -0.3 is 33.2 Å². The van der Waals surface area contributed by atoms with Crippen LogP contribution in [0.3, 0.4) is 0 Å². The van der Waals surface area contributed by atoms with Crippen molar-refractivity contribution in [3.8, 4) is 17.2 Å². The molecule has 3 aromatic rings. The molecule has 43 heavy (non-hydrogen) atoms. The predicted octanol–water partition coefficient (Wildman–Crippen LogP) is 4.15. The number of Topliss-reactive ketones (excluding diaryl/α,β-unsaturated/α-hetero) is 1. The Morgan fingerprint density at radius 1 is 0.930 bits per heavy atom. The van der Waals surface area contributed by atoms with Crippen LogP contribution in [0.2, 0.25) is 0 Å². The Morgan fingerprint density at radius 3 is 2.47 bits per heavy atom. The molecule has 2 amide bonds. The minimum Gasteiger partial charge on any atom is -0.493 e. The maximum atomic E-state index is 14.2. The number of carbonyl (C=O) groups is 3. The predicted molar refractivity (Wildman–Crippen MR) is 156 cm³/mol. The second kappa shape index (κ2) is 12.1. The van der Waals surface area contributed by atoms with Gasteiger partial charge in [0.1, 0.15) is 30.4 Å². The minimum absolute atomic E-state index is 0.0974. The topological polar surface area (TPSA) is 108 Å². The van der Waals surface area contributed by atoms with Crippen LogP contribution in [0.4, 0.5) is 0 Å². The fraction of sp³-hybridized carbons (Fsp3) is 0.424. The average molecular weight is 589 g/mol. The highest BCUT2D eigenvalue weighted by Crippen LogP contribution is 2.41. The first kappa shape index (κ1) is 28.8. The number of ketones is 1. The fourth-order valence-corrected chi connectivity index (χ4v) is 6.35. The zero-order valence-corrected chi connectivity index (χ0v) is 24.8. The van der Waals surface area contributed by atoms with E-state index < -0.39 is 11.9 Å². The van der Waals surface area contributed by atoms with Gasteiger partial charge in [-0.05, 0) is 60.7 Å². The van der Waals surface area contributed by atoms with Crippen molar-refractivity contribution in [3.05, 3.63) is 75.7 Å². The molecule has 0 saturated heterocycles. The summed E-state index contributed by atoms with van der Waals surface area (Å²) in [7, 11) is 3.19. The van der Waals surface area contributed by atoms with E-state index >= 15 is 0 Å². The van der Waals surface area contributed by atoms with E-state index in [1.54, 1.807) is 21.1 Å². The molecule has 7 rings (SSSR count). The molecule has 4 heterocycles. The van der Waals surface area contributed by atoms with Crippen LogP contribution >= 0.6 is 0 Å². The summed E-state index contributed by atoms with van der Waals surface area (Å²) in [5, 5.41) is 0. The number of aryl methyl sites for hydroxylation is 2. The van der Waals surface area contributed by atoms with E-state index in [9.17, 15) is 14.4 Å². The van der Waals surface area contributed by atoms with Gasteiger partial charge in [0.15, 0.2) is 17.3 Å². The van der Waals surface area contributed by atoms with Crippen LogP contribution in [-0.2, 0) is 22.4 Å². The lowest BCUT2D eigenvalue weighted by atomic mass is 9.87. The van der Waals surface area contributed by atoms with Crippen molar-refractivity contribution in [2.24, 2.45) is 0 Å². The average Bonchev–Trinajstić information content (AvgIpc) is 3.36. The van der Waals surface area contributed by atoms with Crippen molar-refractivity contribution >= 4 is 17.6 Å². The maximum absolute atomic E-state index is 14.2. The summed E-state index contributed by atoms with van der Waals surface area (Å²) < 4.78 is 28.7. The van der Waals surface area contributed by atoms with E-state index in [1.165, 1.54) is 4.90 Å². The smallest absolute Gasteiger partial charge is 0.258 e. The Kier molecular flexibility index (Phi) is 8.12. The molecule has 4 aliphatic rings. The van der Waals surface area contributed by atoms with Gasteiger partial charge in [0.05, 0.1) is 44.6 Å². The summed E-state index contributed by atoms with van der Waals surface area (Å²) in [6.45, 7) is 3.00. The number of rotatable bonds is 3. The summed E-state index contributed by atoms with van der Waals surface area (Å²) in [6.07, 6.45) is 2.29.